The minimum Gasteiger partial charge on any atom is -0.0619 e. The highest BCUT2D eigenvalue weighted by molar-refractivity contribution is 5.98. The summed E-state index contributed by atoms with van der Waals surface area (Å²) >= 11 is 0. The van der Waals surface area contributed by atoms with E-state index >= 15 is 0 Å². The highest BCUT2D eigenvalue weighted by Crippen LogP contribution is 2.62. The molecule has 2 aliphatic carbocycles. The van der Waals surface area contributed by atoms with Gasteiger partial charge in [-0.3, -0.25) is 0 Å². The normalized spacial score (nSPS) is 13.1. The Morgan fingerprint density at radius 2 is 0.717 bits per heavy atom. The largest absolute Gasteiger partial charge is 0.0725 e. The quantitative estimate of drug-likeness (QED) is 0.152. The molecule has 0 N–H and O–H groups in total. The van der Waals surface area contributed by atoms with Crippen molar-refractivity contribution in [2.45, 2.75) is 24.2 Å². The first kappa shape index (κ1) is 34.7. The summed E-state index contributed by atoms with van der Waals surface area (Å²) < 4.78 is 0. The maximum Gasteiger partial charge on any atom is 0.0725 e. The van der Waals surface area contributed by atoms with E-state index in [-0.39, 0.29) is 11.3 Å². The number of fused-ring (bicyclic) bond motifs is 12. The second-order valence-corrected chi connectivity index (χ2v) is 16.7. The van der Waals surface area contributed by atoms with Crippen LogP contribution in [0.3, 0.4) is 0 Å². The van der Waals surface area contributed by atoms with Crippen LogP contribution >= 0.6 is 0 Å². The molecule has 0 aromatic heterocycles. The standard InChI is InChI=1S/C60H42/c1-3-17-48-41(13-1)15-11-22-50(48)45-33-29-43(30-34-45)47(44-31-35-46(36-32-44)51-23-12-16-42-14-2-4-18-49(42)51)37-27-40-28-38-55-54-21-7-10-26-58(54)60(59(55)39-40)56-24-8-5-19-52(56)53-20-6-9-25-57(53)60/h1-26,28-36,38-39,47H,27,37H2. The Hall–Kier alpha value is -7.28. The van der Waals surface area contributed by atoms with Crippen molar-refractivity contribution in [3.63, 3.8) is 0 Å². The summed E-state index contributed by atoms with van der Waals surface area (Å²) in [5.74, 6) is 0.223. The Bertz CT molecular complexity index is 3060. The van der Waals surface area contributed by atoms with Crippen LogP contribution in [0.1, 0.15) is 51.3 Å². The van der Waals surface area contributed by atoms with E-state index in [1.165, 1.54) is 105 Å². The lowest BCUT2D eigenvalue weighted by Gasteiger charge is -2.30. The SMILES string of the molecule is c1ccc2c(c1)-c1ccccc1C21c2ccccc2-c2ccc(CCC(c3ccc(-c4cccc5ccccc45)cc3)c3ccc(-c4cccc5ccccc45)cc3)cc21. The molecule has 0 heterocycles. The number of hydrogen-bond donors (Lipinski definition) is 0. The first-order chi connectivity index (χ1) is 29.8. The van der Waals surface area contributed by atoms with Crippen molar-refractivity contribution in [1.29, 1.82) is 0 Å². The molecular formula is C60H42. The van der Waals surface area contributed by atoms with Gasteiger partial charge in [0.05, 0.1) is 5.41 Å². The van der Waals surface area contributed by atoms with Crippen LogP contribution in [-0.4, -0.2) is 0 Å². The highest BCUT2D eigenvalue weighted by Gasteiger charge is 2.51. The number of benzene rings is 10. The van der Waals surface area contributed by atoms with Crippen molar-refractivity contribution in [3.05, 3.63) is 263 Å². The molecule has 0 radical (unpaired) electrons. The van der Waals surface area contributed by atoms with E-state index in [0.717, 1.165) is 12.8 Å². The lowest BCUT2D eigenvalue weighted by Crippen LogP contribution is -2.26. The molecule has 0 unspecified atom stereocenters. The third kappa shape index (κ3) is 5.31. The van der Waals surface area contributed by atoms with E-state index in [2.05, 4.69) is 224 Å². The molecule has 0 saturated carbocycles. The van der Waals surface area contributed by atoms with Gasteiger partial charge in [-0.05, 0) is 118 Å². The van der Waals surface area contributed by atoms with Gasteiger partial charge in [0, 0.05) is 5.92 Å². The van der Waals surface area contributed by atoms with Gasteiger partial charge in [0.15, 0.2) is 0 Å². The molecule has 0 saturated heterocycles. The minimum atomic E-state index is -0.330. The third-order valence-corrected chi connectivity index (χ3v) is 13.6. The van der Waals surface area contributed by atoms with Gasteiger partial charge in [0.1, 0.15) is 0 Å². The average molecular weight is 763 g/mol. The van der Waals surface area contributed by atoms with Gasteiger partial charge in [-0.25, -0.2) is 0 Å². The van der Waals surface area contributed by atoms with Gasteiger partial charge < -0.3 is 0 Å². The fourth-order valence-electron chi connectivity index (χ4n) is 10.9. The van der Waals surface area contributed by atoms with Crippen LogP contribution in [0.25, 0.3) is 66.1 Å². The third-order valence-electron chi connectivity index (χ3n) is 13.6. The van der Waals surface area contributed by atoms with Crippen molar-refractivity contribution in [2.75, 3.05) is 0 Å². The summed E-state index contributed by atoms with van der Waals surface area (Å²) in [5.41, 5.74) is 19.8. The van der Waals surface area contributed by atoms with Crippen molar-refractivity contribution in [1.82, 2.24) is 0 Å². The van der Waals surface area contributed by atoms with E-state index in [1.807, 2.05) is 0 Å². The Morgan fingerprint density at radius 3 is 1.22 bits per heavy atom. The highest BCUT2D eigenvalue weighted by atomic mass is 14.5. The molecule has 0 fully saturated rings. The molecule has 10 aromatic carbocycles. The molecule has 282 valence electrons. The molecule has 60 heavy (non-hydrogen) atoms. The summed E-state index contributed by atoms with van der Waals surface area (Å²) in [7, 11) is 0. The first-order valence-electron chi connectivity index (χ1n) is 21.3. The molecule has 2 aliphatic rings. The zero-order valence-corrected chi connectivity index (χ0v) is 33.4. The maximum atomic E-state index is 2.55. The van der Waals surface area contributed by atoms with Gasteiger partial charge in [0.25, 0.3) is 0 Å². The van der Waals surface area contributed by atoms with Crippen LogP contribution in [0, 0.1) is 0 Å². The molecule has 0 amide bonds. The van der Waals surface area contributed by atoms with Gasteiger partial charge >= 0.3 is 0 Å². The van der Waals surface area contributed by atoms with Gasteiger partial charge in [0.2, 0.25) is 0 Å². The second kappa shape index (κ2) is 13.9. The maximum absolute atomic E-state index is 2.55. The Morgan fingerprint density at radius 1 is 0.317 bits per heavy atom. The zero-order chi connectivity index (χ0) is 39.6. The van der Waals surface area contributed by atoms with Crippen molar-refractivity contribution >= 4 is 21.5 Å². The molecular weight excluding hydrogens is 721 g/mol. The fourth-order valence-corrected chi connectivity index (χ4v) is 10.9. The van der Waals surface area contributed by atoms with Crippen LogP contribution in [-0.2, 0) is 11.8 Å². The van der Waals surface area contributed by atoms with Crippen LogP contribution < -0.4 is 0 Å². The number of rotatable bonds is 7. The van der Waals surface area contributed by atoms with Crippen LogP contribution in [0.4, 0.5) is 0 Å². The molecule has 0 heteroatoms. The van der Waals surface area contributed by atoms with Crippen LogP contribution in [0.2, 0.25) is 0 Å². The monoisotopic (exact) mass is 762 g/mol. The molecule has 0 nitrogen and oxygen atoms in total. The average Bonchev–Trinajstić information content (AvgIpc) is 3.79. The smallest absolute Gasteiger partial charge is 0.0619 e. The van der Waals surface area contributed by atoms with E-state index in [9.17, 15) is 0 Å². The van der Waals surface area contributed by atoms with Gasteiger partial charge in [-0.15, -0.1) is 0 Å². The molecule has 10 aromatic rings. The summed E-state index contributed by atoms with van der Waals surface area (Å²) in [6.07, 6.45) is 1.96. The molecule has 0 aliphatic heterocycles. The predicted molar refractivity (Wildman–Crippen MR) is 252 cm³/mol. The summed E-state index contributed by atoms with van der Waals surface area (Å²) in [6.45, 7) is 0. The fraction of sp³-hybridized carbons (Fsp3) is 0.0667. The van der Waals surface area contributed by atoms with E-state index in [1.54, 1.807) is 0 Å². The lowest BCUT2D eigenvalue weighted by molar-refractivity contribution is 0.712. The summed E-state index contributed by atoms with van der Waals surface area (Å²) in [5, 5.41) is 5.12. The Balaban J connectivity index is 0.942. The molecule has 0 bridgehead atoms. The van der Waals surface area contributed by atoms with Gasteiger partial charge in [-0.1, -0.05) is 224 Å². The predicted octanol–water partition coefficient (Wildman–Crippen LogP) is 15.4. The number of hydrogen-bond acceptors (Lipinski definition) is 0. The molecule has 12 rings (SSSR count). The van der Waals surface area contributed by atoms with E-state index in [4.69, 9.17) is 0 Å². The summed E-state index contributed by atoms with van der Waals surface area (Å²) in [6, 6.07) is 84.2. The Kier molecular flexibility index (Phi) is 8.07. The van der Waals surface area contributed by atoms with Crippen molar-refractivity contribution in [2.24, 2.45) is 0 Å². The number of aryl methyl sites for hydroxylation is 1. The van der Waals surface area contributed by atoms with Crippen LogP contribution in [0.5, 0.6) is 0 Å². The summed E-state index contributed by atoms with van der Waals surface area (Å²) in [4.78, 5) is 0. The minimum absolute atomic E-state index is 0.223. The van der Waals surface area contributed by atoms with Gasteiger partial charge in [-0.2, -0.15) is 0 Å². The van der Waals surface area contributed by atoms with Crippen LogP contribution in [0.15, 0.2) is 224 Å². The lowest BCUT2D eigenvalue weighted by atomic mass is 9.70. The second-order valence-electron chi connectivity index (χ2n) is 16.7. The Labute approximate surface area is 352 Å². The van der Waals surface area contributed by atoms with Crippen molar-refractivity contribution < 1.29 is 0 Å². The first-order valence-corrected chi connectivity index (χ1v) is 21.3. The van der Waals surface area contributed by atoms with E-state index in [0.29, 0.717) is 0 Å². The molecule has 0 atom stereocenters. The topological polar surface area (TPSA) is 0 Å². The van der Waals surface area contributed by atoms with Crippen molar-refractivity contribution in [3.8, 4) is 44.5 Å². The molecule has 1 spiro atoms. The van der Waals surface area contributed by atoms with E-state index < -0.39 is 0 Å². The zero-order valence-electron chi connectivity index (χ0n) is 33.4.